The van der Waals surface area contributed by atoms with Gasteiger partial charge in [0.1, 0.15) is 11.6 Å². The summed E-state index contributed by atoms with van der Waals surface area (Å²) >= 11 is 13.5. The Morgan fingerprint density at radius 3 is 2.60 bits per heavy atom. The largest absolute Gasteiger partial charge is 0.459 e. The molecule has 2 amide bonds. The standard InChI is InChI=1S/C21H15Cl2N3O3S/c22-13-8-9-16-18(17(13)23)25-21(30-16)26-19(27)14(11-12-5-2-1-3-6-12)24-20(28)15-7-4-10-29-15/h1-10,14H,11H2,(H,24,28)(H,25,26,27)/t14-/m1/s1. The van der Waals surface area contributed by atoms with Crippen LogP contribution in [-0.2, 0) is 11.2 Å². The van der Waals surface area contributed by atoms with Gasteiger partial charge in [0.2, 0.25) is 5.91 Å². The van der Waals surface area contributed by atoms with Crippen molar-refractivity contribution >= 4 is 61.7 Å². The predicted molar refractivity (Wildman–Crippen MR) is 118 cm³/mol. The van der Waals surface area contributed by atoms with Crippen molar-refractivity contribution in [3.05, 3.63) is 82.2 Å². The monoisotopic (exact) mass is 459 g/mol. The van der Waals surface area contributed by atoms with Gasteiger partial charge in [-0.15, -0.1) is 0 Å². The molecule has 30 heavy (non-hydrogen) atoms. The molecular formula is C21H15Cl2N3O3S. The van der Waals surface area contributed by atoms with Gasteiger partial charge in [-0.2, -0.15) is 0 Å². The maximum atomic E-state index is 13.0. The summed E-state index contributed by atoms with van der Waals surface area (Å²) in [7, 11) is 0. The summed E-state index contributed by atoms with van der Waals surface area (Å²) in [6.07, 6.45) is 1.70. The highest BCUT2D eigenvalue weighted by Crippen LogP contribution is 2.35. The molecule has 0 bridgehead atoms. The van der Waals surface area contributed by atoms with E-state index in [1.54, 1.807) is 18.2 Å². The Morgan fingerprint density at radius 1 is 1.07 bits per heavy atom. The fourth-order valence-electron chi connectivity index (χ4n) is 2.88. The maximum absolute atomic E-state index is 13.0. The van der Waals surface area contributed by atoms with Gasteiger partial charge >= 0.3 is 0 Å². The minimum Gasteiger partial charge on any atom is -0.459 e. The number of aromatic nitrogens is 1. The molecule has 0 saturated carbocycles. The average Bonchev–Trinajstić information content (AvgIpc) is 3.41. The zero-order chi connectivity index (χ0) is 21.1. The summed E-state index contributed by atoms with van der Waals surface area (Å²) in [6.45, 7) is 0. The predicted octanol–water partition coefficient (Wildman–Crippen LogP) is 5.18. The first kappa shape index (κ1) is 20.4. The molecule has 152 valence electrons. The van der Waals surface area contributed by atoms with E-state index in [0.717, 1.165) is 10.3 Å². The third-order valence-corrected chi connectivity index (χ3v) is 6.06. The average molecular weight is 460 g/mol. The molecule has 4 rings (SSSR count). The number of fused-ring (bicyclic) bond motifs is 1. The molecule has 4 aromatic rings. The number of hydrogen-bond acceptors (Lipinski definition) is 5. The molecule has 2 heterocycles. The van der Waals surface area contributed by atoms with Gasteiger partial charge in [-0.05, 0) is 29.8 Å². The van der Waals surface area contributed by atoms with Crippen LogP contribution in [0.3, 0.4) is 0 Å². The summed E-state index contributed by atoms with van der Waals surface area (Å²) in [5.41, 5.74) is 1.42. The van der Waals surface area contributed by atoms with Gasteiger partial charge in [0.25, 0.3) is 5.91 Å². The molecule has 0 aliphatic carbocycles. The lowest BCUT2D eigenvalue weighted by Crippen LogP contribution is -2.45. The summed E-state index contributed by atoms with van der Waals surface area (Å²) in [5.74, 6) is -0.752. The molecule has 2 aromatic carbocycles. The molecule has 0 spiro atoms. The van der Waals surface area contributed by atoms with Crippen LogP contribution in [-0.4, -0.2) is 22.8 Å². The van der Waals surface area contributed by atoms with Crippen molar-refractivity contribution in [1.82, 2.24) is 10.3 Å². The number of benzene rings is 2. The van der Waals surface area contributed by atoms with E-state index in [0.29, 0.717) is 27.1 Å². The first-order chi connectivity index (χ1) is 14.5. The Labute approximate surface area is 185 Å². The van der Waals surface area contributed by atoms with E-state index in [1.807, 2.05) is 30.3 Å². The highest BCUT2D eigenvalue weighted by molar-refractivity contribution is 7.22. The molecule has 0 radical (unpaired) electrons. The molecule has 0 aliphatic heterocycles. The fraction of sp³-hybridized carbons (Fsp3) is 0.0952. The van der Waals surface area contributed by atoms with Crippen LogP contribution in [0.2, 0.25) is 10.0 Å². The molecule has 0 unspecified atom stereocenters. The van der Waals surface area contributed by atoms with Crippen molar-refractivity contribution in [2.24, 2.45) is 0 Å². The van der Waals surface area contributed by atoms with Crippen LogP contribution in [0, 0.1) is 0 Å². The SMILES string of the molecule is O=C(N[C@H](Cc1ccccc1)C(=O)Nc1nc2c(Cl)c(Cl)ccc2s1)c1ccco1. The highest BCUT2D eigenvalue weighted by Gasteiger charge is 2.24. The van der Waals surface area contributed by atoms with E-state index in [2.05, 4.69) is 15.6 Å². The topological polar surface area (TPSA) is 84.2 Å². The van der Waals surface area contributed by atoms with E-state index in [4.69, 9.17) is 27.6 Å². The van der Waals surface area contributed by atoms with E-state index >= 15 is 0 Å². The molecule has 6 nitrogen and oxygen atoms in total. The third-order valence-electron chi connectivity index (χ3n) is 4.33. The lowest BCUT2D eigenvalue weighted by molar-refractivity contribution is -0.118. The lowest BCUT2D eigenvalue weighted by Gasteiger charge is -2.17. The number of furan rings is 1. The van der Waals surface area contributed by atoms with Gasteiger partial charge in [0, 0.05) is 6.42 Å². The first-order valence-electron chi connectivity index (χ1n) is 8.95. The molecule has 9 heteroatoms. The van der Waals surface area contributed by atoms with E-state index in [-0.39, 0.29) is 5.76 Å². The van der Waals surface area contributed by atoms with Crippen LogP contribution in [0.5, 0.6) is 0 Å². The molecule has 0 fully saturated rings. The summed E-state index contributed by atoms with van der Waals surface area (Å²) in [6, 6.07) is 15.2. The fourth-order valence-corrected chi connectivity index (χ4v) is 4.17. The van der Waals surface area contributed by atoms with Crippen molar-refractivity contribution in [2.75, 3.05) is 5.32 Å². The van der Waals surface area contributed by atoms with Crippen LogP contribution in [0.25, 0.3) is 10.2 Å². The number of amides is 2. The van der Waals surface area contributed by atoms with Gasteiger partial charge in [0.15, 0.2) is 10.9 Å². The van der Waals surface area contributed by atoms with E-state index < -0.39 is 17.9 Å². The van der Waals surface area contributed by atoms with Crippen LogP contribution < -0.4 is 10.6 Å². The number of rotatable bonds is 6. The minimum atomic E-state index is -0.837. The Hall–Kier alpha value is -2.87. The van der Waals surface area contributed by atoms with E-state index in [9.17, 15) is 9.59 Å². The normalized spacial score (nSPS) is 11.9. The smallest absolute Gasteiger partial charge is 0.287 e. The Bertz CT molecular complexity index is 1190. The van der Waals surface area contributed by atoms with Crippen LogP contribution in [0.1, 0.15) is 16.1 Å². The quantitative estimate of drug-likeness (QED) is 0.416. The van der Waals surface area contributed by atoms with Crippen LogP contribution >= 0.6 is 34.5 Å². The van der Waals surface area contributed by atoms with Crippen molar-refractivity contribution < 1.29 is 14.0 Å². The second-order valence-corrected chi connectivity index (χ2v) is 8.23. The van der Waals surface area contributed by atoms with Crippen LogP contribution in [0.4, 0.5) is 5.13 Å². The number of hydrogen-bond donors (Lipinski definition) is 2. The second kappa shape index (κ2) is 8.87. The minimum absolute atomic E-state index is 0.127. The Morgan fingerprint density at radius 2 is 1.87 bits per heavy atom. The number of halogens is 2. The zero-order valence-corrected chi connectivity index (χ0v) is 17.7. The maximum Gasteiger partial charge on any atom is 0.287 e. The number of carbonyl (C=O) groups excluding carboxylic acids is 2. The molecule has 2 N–H and O–H groups in total. The number of anilines is 1. The van der Waals surface area contributed by atoms with Crippen LogP contribution in [0.15, 0.2) is 65.3 Å². The lowest BCUT2D eigenvalue weighted by atomic mass is 10.1. The first-order valence-corrected chi connectivity index (χ1v) is 10.5. The van der Waals surface area contributed by atoms with Crippen molar-refractivity contribution in [3.8, 4) is 0 Å². The molecular weight excluding hydrogens is 445 g/mol. The molecule has 0 saturated heterocycles. The number of nitrogens with zero attached hydrogens (tertiary/aromatic N) is 1. The third kappa shape index (κ3) is 4.48. The molecule has 0 aliphatic rings. The van der Waals surface area contributed by atoms with Crippen molar-refractivity contribution in [1.29, 1.82) is 0 Å². The summed E-state index contributed by atoms with van der Waals surface area (Å²) in [5, 5.41) is 6.58. The van der Waals surface area contributed by atoms with Gasteiger partial charge in [-0.25, -0.2) is 4.98 Å². The number of carbonyl (C=O) groups is 2. The molecule has 1 atom stereocenters. The van der Waals surface area contributed by atoms with E-state index in [1.165, 1.54) is 23.7 Å². The van der Waals surface area contributed by atoms with Gasteiger partial charge < -0.3 is 15.1 Å². The Balaban J connectivity index is 1.56. The zero-order valence-electron chi connectivity index (χ0n) is 15.4. The second-order valence-electron chi connectivity index (χ2n) is 6.41. The van der Waals surface area contributed by atoms with Gasteiger partial charge in [0.05, 0.1) is 21.0 Å². The highest BCUT2D eigenvalue weighted by atomic mass is 35.5. The summed E-state index contributed by atoms with van der Waals surface area (Å²) < 4.78 is 5.92. The van der Waals surface area contributed by atoms with Crippen molar-refractivity contribution in [2.45, 2.75) is 12.5 Å². The summed E-state index contributed by atoms with van der Waals surface area (Å²) in [4.78, 5) is 29.8. The molecule has 2 aromatic heterocycles. The van der Waals surface area contributed by atoms with Gasteiger partial charge in [-0.3, -0.25) is 9.59 Å². The van der Waals surface area contributed by atoms with Crippen molar-refractivity contribution in [3.63, 3.8) is 0 Å². The Kier molecular flexibility index (Phi) is 6.03. The van der Waals surface area contributed by atoms with Gasteiger partial charge in [-0.1, -0.05) is 64.9 Å². The number of nitrogens with one attached hydrogen (secondary N) is 2. The number of thiazole rings is 1.